The van der Waals surface area contributed by atoms with Crippen molar-refractivity contribution in [1.29, 1.82) is 0 Å². The fourth-order valence-electron chi connectivity index (χ4n) is 4.60. The third-order valence-electron chi connectivity index (χ3n) is 6.42. The maximum Gasteiger partial charge on any atom is 0.247 e. The van der Waals surface area contributed by atoms with E-state index in [-0.39, 0.29) is 4.90 Å². The lowest BCUT2D eigenvalue weighted by molar-refractivity contribution is 0.319. The number of fused-ring (bicyclic) bond motifs is 1. The van der Waals surface area contributed by atoms with Gasteiger partial charge in [0.2, 0.25) is 10.0 Å². The van der Waals surface area contributed by atoms with E-state index in [0.29, 0.717) is 50.9 Å². The molecular formula is C28H30N4O4S. The second-order valence-electron chi connectivity index (χ2n) is 8.67. The van der Waals surface area contributed by atoms with Crippen molar-refractivity contribution in [1.82, 2.24) is 14.5 Å². The molecular weight excluding hydrogens is 488 g/mol. The number of sulfonamides is 1. The predicted octanol–water partition coefficient (Wildman–Crippen LogP) is 4.61. The van der Waals surface area contributed by atoms with Gasteiger partial charge in [0.1, 0.15) is 16.4 Å². The predicted molar refractivity (Wildman–Crippen MR) is 145 cm³/mol. The smallest absolute Gasteiger partial charge is 0.247 e. The van der Waals surface area contributed by atoms with Crippen molar-refractivity contribution in [3.63, 3.8) is 0 Å². The van der Waals surface area contributed by atoms with Crippen LogP contribution in [0.25, 0.3) is 22.0 Å². The lowest BCUT2D eigenvalue weighted by Gasteiger charge is -2.34. The van der Waals surface area contributed by atoms with Crippen molar-refractivity contribution in [3.8, 4) is 22.8 Å². The van der Waals surface area contributed by atoms with Gasteiger partial charge >= 0.3 is 0 Å². The molecule has 1 saturated heterocycles. The summed E-state index contributed by atoms with van der Waals surface area (Å²) in [4.78, 5) is 2.19. The van der Waals surface area contributed by atoms with E-state index in [1.807, 2.05) is 50.2 Å². The highest BCUT2D eigenvalue weighted by molar-refractivity contribution is 7.89. The molecule has 192 valence electrons. The van der Waals surface area contributed by atoms with Crippen LogP contribution in [0.1, 0.15) is 13.8 Å². The molecule has 0 unspecified atom stereocenters. The van der Waals surface area contributed by atoms with Crippen molar-refractivity contribution >= 4 is 26.6 Å². The van der Waals surface area contributed by atoms with E-state index in [2.05, 4.69) is 33.3 Å². The number of piperazine rings is 1. The molecule has 0 amide bonds. The summed E-state index contributed by atoms with van der Waals surface area (Å²) in [6.07, 6.45) is 0. The summed E-state index contributed by atoms with van der Waals surface area (Å²) in [6, 6.07) is 23.2. The van der Waals surface area contributed by atoms with Crippen LogP contribution in [-0.2, 0) is 10.0 Å². The van der Waals surface area contributed by atoms with Crippen LogP contribution in [0.15, 0.2) is 77.7 Å². The van der Waals surface area contributed by atoms with Gasteiger partial charge in [0.15, 0.2) is 5.82 Å². The SMILES string of the molecule is CCOc1ccc(OCC)c(S(=O)(=O)N2CCN(c3ccc(-c4cccc5ccccc45)nn3)CC2)c1. The summed E-state index contributed by atoms with van der Waals surface area (Å²) in [7, 11) is -3.76. The Labute approximate surface area is 217 Å². The van der Waals surface area contributed by atoms with Crippen LogP contribution >= 0.6 is 0 Å². The van der Waals surface area contributed by atoms with Crippen molar-refractivity contribution in [2.24, 2.45) is 0 Å². The van der Waals surface area contributed by atoms with Crippen LogP contribution in [0.2, 0.25) is 0 Å². The number of anilines is 1. The molecule has 0 radical (unpaired) electrons. The first-order chi connectivity index (χ1) is 18.0. The van der Waals surface area contributed by atoms with Gasteiger partial charge in [-0.2, -0.15) is 4.31 Å². The molecule has 1 aliphatic rings. The number of nitrogens with zero attached hydrogens (tertiary/aromatic N) is 4. The van der Waals surface area contributed by atoms with Crippen molar-refractivity contribution < 1.29 is 17.9 Å². The summed E-state index contributed by atoms with van der Waals surface area (Å²) >= 11 is 0. The maximum atomic E-state index is 13.5. The van der Waals surface area contributed by atoms with E-state index < -0.39 is 10.0 Å². The van der Waals surface area contributed by atoms with E-state index in [4.69, 9.17) is 9.47 Å². The van der Waals surface area contributed by atoms with Crippen LogP contribution in [0.5, 0.6) is 11.5 Å². The Hall–Kier alpha value is -3.69. The highest BCUT2D eigenvalue weighted by Gasteiger charge is 2.32. The Morgan fingerprint density at radius 2 is 1.57 bits per heavy atom. The highest BCUT2D eigenvalue weighted by Crippen LogP contribution is 2.32. The lowest BCUT2D eigenvalue weighted by Crippen LogP contribution is -2.49. The quantitative estimate of drug-likeness (QED) is 0.337. The Kier molecular flexibility index (Phi) is 7.25. The zero-order valence-corrected chi connectivity index (χ0v) is 21.8. The van der Waals surface area contributed by atoms with Gasteiger partial charge in [-0.15, -0.1) is 10.2 Å². The Morgan fingerprint density at radius 3 is 2.30 bits per heavy atom. The molecule has 1 aromatic heterocycles. The highest BCUT2D eigenvalue weighted by atomic mass is 32.2. The molecule has 1 fully saturated rings. The Balaban J connectivity index is 1.31. The van der Waals surface area contributed by atoms with E-state index in [9.17, 15) is 8.42 Å². The van der Waals surface area contributed by atoms with Crippen LogP contribution < -0.4 is 14.4 Å². The average Bonchev–Trinajstić information content (AvgIpc) is 2.94. The maximum absolute atomic E-state index is 13.5. The minimum absolute atomic E-state index is 0.132. The van der Waals surface area contributed by atoms with Crippen molar-refractivity contribution in [2.45, 2.75) is 18.7 Å². The molecule has 1 aliphatic heterocycles. The summed E-state index contributed by atoms with van der Waals surface area (Å²) < 4.78 is 39.7. The van der Waals surface area contributed by atoms with E-state index in [0.717, 1.165) is 27.8 Å². The monoisotopic (exact) mass is 518 g/mol. The second kappa shape index (κ2) is 10.7. The molecule has 37 heavy (non-hydrogen) atoms. The van der Waals surface area contributed by atoms with E-state index in [1.165, 1.54) is 4.31 Å². The van der Waals surface area contributed by atoms with Crippen molar-refractivity contribution in [3.05, 3.63) is 72.8 Å². The molecule has 0 N–H and O–H groups in total. The van der Waals surface area contributed by atoms with Gasteiger partial charge in [0.25, 0.3) is 0 Å². The van der Waals surface area contributed by atoms with E-state index in [1.54, 1.807) is 18.2 Å². The van der Waals surface area contributed by atoms with Gasteiger partial charge in [0, 0.05) is 37.8 Å². The molecule has 4 aromatic rings. The average molecular weight is 519 g/mol. The number of benzene rings is 3. The molecule has 2 heterocycles. The second-order valence-corrected chi connectivity index (χ2v) is 10.6. The summed E-state index contributed by atoms with van der Waals surface area (Å²) in [5.74, 6) is 1.57. The standard InChI is InChI=1S/C28H30N4O4S/c1-3-35-22-12-14-26(36-4-2)27(20-22)37(33,34)32-18-16-31(17-19-32)28-15-13-25(29-30-28)24-11-7-9-21-8-5-6-10-23(21)24/h5-15,20H,3-4,16-19H2,1-2H3. The third-order valence-corrected chi connectivity index (χ3v) is 8.34. The summed E-state index contributed by atoms with van der Waals surface area (Å²) in [6.45, 7) is 6.20. The number of hydrogen-bond acceptors (Lipinski definition) is 7. The topological polar surface area (TPSA) is 84.9 Å². The van der Waals surface area contributed by atoms with Gasteiger partial charge < -0.3 is 14.4 Å². The van der Waals surface area contributed by atoms with Crippen LogP contribution in [0, 0.1) is 0 Å². The number of ether oxygens (including phenoxy) is 2. The van der Waals surface area contributed by atoms with E-state index >= 15 is 0 Å². The van der Waals surface area contributed by atoms with Gasteiger partial charge in [-0.3, -0.25) is 0 Å². The third kappa shape index (κ3) is 5.10. The molecule has 0 spiro atoms. The summed E-state index contributed by atoms with van der Waals surface area (Å²) in [5, 5.41) is 11.3. The molecule has 0 aliphatic carbocycles. The Bertz CT molecular complexity index is 1480. The molecule has 8 nitrogen and oxygen atoms in total. The molecule has 3 aromatic carbocycles. The lowest BCUT2D eigenvalue weighted by atomic mass is 10.0. The molecule has 0 saturated carbocycles. The number of aromatic nitrogens is 2. The zero-order chi connectivity index (χ0) is 25.8. The van der Waals surface area contributed by atoms with Gasteiger partial charge in [-0.1, -0.05) is 42.5 Å². The molecule has 9 heteroatoms. The van der Waals surface area contributed by atoms with Gasteiger partial charge in [-0.05, 0) is 48.9 Å². The largest absolute Gasteiger partial charge is 0.494 e. The van der Waals surface area contributed by atoms with Crippen LogP contribution in [0.4, 0.5) is 5.82 Å². The normalized spacial score (nSPS) is 14.6. The molecule has 5 rings (SSSR count). The minimum atomic E-state index is -3.76. The van der Waals surface area contributed by atoms with Crippen LogP contribution in [-0.4, -0.2) is 62.3 Å². The first-order valence-corrected chi connectivity index (χ1v) is 13.9. The fraction of sp³-hybridized carbons (Fsp3) is 0.286. The number of hydrogen-bond donors (Lipinski definition) is 0. The zero-order valence-electron chi connectivity index (χ0n) is 21.0. The molecule has 0 bridgehead atoms. The van der Waals surface area contributed by atoms with Crippen LogP contribution in [0.3, 0.4) is 0 Å². The van der Waals surface area contributed by atoms with Crippen molar-refractivity contribution in [2.75, 3.05) is 44.3 Å². The first-order valence-electron chi connectivity index (χ1n) is 12.5. The summed E-state index contributed by atoms with van der Waals surface area (Å²) in [5.41, 5.74) is 1.84. The first kappa shape index (κ1) is 25.0. The van der Waals surface area contributed by atoms with Gasteiger partial charge in [-0.25, -0.2) is 8.42 Å². The minimum Gasteiger partial charge on any atom is -0.494 e. The fourth-order valence-corrected chi connectivity index (χ4v) is 6.17. The van der Waals surface area contributed by atoms with Gasteiger partial charge in [0.05, 0.1) is 18.9 Å². The number of rotatable bonds is 8. The Morgan fingerprint density at radius 1 is 0.811 bits per heavy atom. The molecule has 0 atom stereocenters.